The van der Waals surface area contributed by atoms with Crippen LogP contribution in [0.5, 0.6) is 0 Å². The van der Waals surface area contributed by atoms with Gasteiger partial charge in [0.2, 0.25) is 10.0 Å². The highest BCUT2D eigenvalue weighted by molar-refractivity contribution is 7.88. The molecule has 0 spiro atoms. The third kappa shape index (κ3) is 4.90. The Morgan fingerprint density at radius 1 is 1.08 bits per heavy atom. The van der Waals surface area contributed by atoms with Gasteiger partial charge in [0.15, 0.2) is 0 Å². The minimum absolute atomic E-state index is 0.0830. The molecule has 0 saturated heterocycles. The molecule has 0 bridgehead atoms. The van der Waals surface area contributed by atoms with Crippen molar-refractivity contribution in [2.75, 3.05) is 0 Å². The number of carboxylic acids is 1. The van der Waals surface area contributed by atoms with Gasteiger partial charge in [-0.3, -0.25) is 0 Å². The van der Waals surface area contributed by atoms with E-state index in [4.69, 9.17) is 5.11 Å². The van der Waals surface area contributed by atoms with Crippen LogP contribution >= 0.6 is 0 Å². The number of hydrogen-bond acceptors (Lipinski definition) is 5. The maximum absolute atomic E-state index is 12.3. The van der Waals surface area contributed by atoms with Crippen LogP contribution in [0.3, 0.4) is 0 Å². The van der Waals surface area contributed by atoms with Crippen molar-refractivity contribution in [1.29, 1.82) is 0 Å². The summed E-state index contributed by atoms with van der Waals surface area (Å²) >= 11 is 0. The first-order valence-corrected chi connectivity index (χ1v) is 8.67. The van der Waals surface area contributed by atoms with Crippen molar-refractivity contribution in [3.8, 4) is 0 Å². The Labute approximate surface area is 139 Å². The molecule has 0 amide bonds. The molecule has 0 saturated carbocycles. The van der Waals surface area contributed by atoms with Crippen LogP contribution in [0.15, 0.2) is 54.6 Å². The van der Waals surface area contributed by atoms with E-state index in [1.165, 1.54) is 24.3 Å². The van der Waals surface area contributed by atoms with Crippen LogP contribution in [-0.4, -0.2) is 36.7 Å². The van der Waals surface area contributed by atoms with Crippen LogP contribution < -0.4 is 4.72 Å². The number of carboxylic acid groups (broad SMARTS) is 1. The lowest BCUT2D eigenvalue weighted by atomic mass is 9.75. The predicted octanol–water partition coefficient (Wildman–Crippen LogP) is 0.557. The Morgan fingerprint density at radius 3 is 2.33 bits per heavy atom. The smallest absolute Gasteiger partial charge is 0.475 e. The van der Waals surface area contributed by atoms with E-state index in [0.29, 0.717) is 5.56 Å². The van der Waals surface area contributed by atoms with Crippen LogP contribution in [0, 0.1) is 0 Å². The molecule has 0 fully saturated rings. The first-order chi connectivity index (χ1) is 11.3. The second-order valence-electron chi connectivity index (χ2n) is 5.18. The summed E-state index contributed by atoms with van der Waals surface area (Å²) in [5.41, 5.74) is 0.595. The maximum atomic E-state index is 12.3. The minimum Gasteiger partial charge on any atom is -0.478 e. The molecule has 2 aromatic carbocycles. The summed E-state index contributed by atoms with van der Waals surface area (Å²) in [5, 5.41) is 28.0. The number of rotatable bonds is 7. The molecule has 9 heteroatoms. The van der Waals surface area contributed by atoms with E-state index in [1.54, 1.807) is 30.3 Å². The summed E-state index contributed by atoms with van der Waals surface area (Å²) in [4.78, 5) is 11.0. The van der Waals surface area contributed by atoms with Crippen molar-refractivity contribution >= 4 is 23.1 Å². The van der Waals surface area contributed by atoms with E-state index in [2.05, 4.69) is 4.72 Å². The molecule has 0 aliphatic heterocycles. The highest BCUT2D eigenvalue weighted by atomic mass is 32.2. The molecular formula is C15H16BNO6S. The zero-order valence-corrected chi connectivity index (χ0v) is 13.3. The summed E-state index contributed by atoms with van der Waals surface area (Å²) in [6, 6.07) is 13.7. The Balaban J connectivity index is 2.25. The average molecular weight is 349 g/mol. The number of nitrogens with one attached hydrogen (secondary N) is 1. The summed E-state index contributed by atoms with van der Waals surface area (Å²) < 4.78 is 26.7. The molecular weight excluding hydrogens is 333 g/mol. The molecule has 4 N–H and O–H groups in total. The van der Waals surface area contributed by atoms with E-state index >= 15 is 0 Å². The fourth-order valence-electron chi connectivity index (χ4n) is 2.19. The Hall–Kier alpha value is -2.20. The maximum Gasteiger partial charge on any atom is 0.475 e. The lowest BCUT2D eigenvalue weighted by Gasteiger charge is -2.18. The van der Waals surface area contributed by atoms with Crippen molar-refractivity contribution in [1.82, 2.24) is 4.72 Å². The van der Waals surface area contributed by atoms with Gasteiger partial charge in [0.25, 0.3) is 0 Å². The summed E-state index contributed by atoms with van der Waals surface area (Å²) in [7, 11) is -5.91. The molecule has 2 aromatic rings. The van der Waals surface area contributed by atoms with E-state index in [1.807, 2.05) is 0 Å². The highest BCUT2D eigenvalue weighted by Crippen LogP contribution is 2.18. The first-order valence-electron chi connectivity index (χ1n) is 7.02. The van der Waals surface area contributed by atoms with Crippen molar-refractivity contribution in [2.45, 2.75) is 11.7 Å². The third-order valence-electron chi connectivity index (χ3n) is 3.30. The van der Waals surface area contributed by atoms with Gasteiger partial charge in [0.05, 0.1) is 17.3 Å². The quantitative estimate of drug-likeness (QED) is 0.542. The van der Waals surface area contributed by atoms with Crippen molar-refractivity contribution in [2.24, 2.45) is 0 Å². The molecule has 0 aromatic heterocycles. The van der Waals surface area contributed by atoms with E-state index < -0.39 is 29.1 Å². The normalized spacial score (nSPS) is 12.6. The van der Waals surface area contributed by atoms with Crippen molar-refractivity contribution < 1.29 is 28.4 Å². The molecule has 0 aliphatic carbocycles. The minimum atomic E-state index is -3.88. The number of hydrogen-bond donors (Lipinski definition) is 4. The monoisotopic (exact) mass is 349 g/mol. The summed E-state index contributed by atoms with van der Waals surface area (Å²) in [6.45, 7) is 0. The fraction of sp³-hybridized carbons (Fsp3) is 0.133. The molecule has 0 heterocycles. The molecule has 126 valence electrons. The van der Waals surface area contributed by atoms with Gasteiger partial charge in [-0.2, -0.15) is 0 Å². The van der Waals surface area contributed by atoms with E-state index in [-0.39, 0.29) is 16.9 Å². The van der Waals surface area contributed by atoms with E-state index in [9.17, 15) is 23.3 Å². The van der Waals surface area contributed by atoms with Crippen LogP contribution in [0.4, 0.5) is 0 Å². The number of benzene rings is 2. The van der Waals surface area contributed by atoms with Gasteiger partial charge in [-0.1, -0.05) is 42.5 Å². The topological polar surface area (TPSA) is 124 Å². The van der Waals surface area contributed by atoms with Crippen LogP contribution in [0.2, 0.25) is 0 Å². The predicted molar refractivity (Wildman–Crippen MR) is 88.5 cm³/mol. The molecule has 0 aliphatic rings. The summed E-state index contributed by atoms with van der Waals surface area (Å²) in [5.74, 6) is -2.91. The first kappa shape index (κ1) is 18.1. The van der Waals surface area contributed by atoms with Crippen molar-refractivity contribution in [3.05, 3.63) is 71.3 Å². The molecule has 7 nitrogen and oxygen atoms in total. The Morgan fingerprint density at radius 2 is 1.75 bits per heavy atom. The fourth-order valence-corrected chi connectivity index (χ4v) is 3.55. The van der Waals surface area contributed by atoms with Gasteiger partial charge >= 0.3 is 13.1 Å². The van der Waals surface area contributed by atoms with Crippen LogP contribution in [0.1, 0.15) is 27.4 Å². The number of sulfonamides is 1. The lowest BCUT2D eigenvalue weighted by Crippen LogP contribution is -2.39. The standard InChI is InChI=1S/C15H16BNO6S/c18-15(19)13-8-4-7-12(9-13)14(16(20)21)17-24(22,23)10-11-5-2-1-3-6-11/h1-9,14,17,20-21H,10H2,(H,18,19)/t14-/m0/s1. The third-order valence-corrected chi connectivity index (χ3v) is 4.62. The lowest BCUT2D eigenvalue weighted by molar-refractivity contribution is 0.0696. The zero-order chi connectivity index (χ0) is 17.7. The van der Waals surface area contributed by atoms with Gasteiger partial charge in [-0.05, 0) is 23.3 Å². The Bertz CT molecular complexity index is 810. The number of aromatic carboxylic acids is 1. The van der Waals surface area contributed by atoms with Gasteiger partial charge in [-0.25, -0.2) is 17.9 Å². The van der Waals surface area contributed by atoms with Gasteiger partial charge in [-0.15, -0.1) is 0 Å². The van der Waals surface area contributed by atoms with Crippen LogP contribution in [-0.2, 0) is 15.8 Å². The summed E-state index contributed by atoms with van der Waals surface area (Å²) in [6.07, 6.45) is 0. The van der Waals surface area contributed by atoms with Crippen LogP contribution in [0.25, 0.3) is 0 Å². The van der Waals surface area contributed by atoms with Gasteiger partial charge in [0.1, 0.15) is 0 Å². The molecule has 0 radical (unpaired) electrons. The SMILES string of the molecule is O=C(O)c1cccc([C@H](NS(=O)(=O)Cc2ccccc2)B(O)O)c1. The number of carbonyl (C=O) groups is 1. The molecule has 24 heavy (non-hydrogen) atoms. The molecule has 1 atom stereocenters. The van der Waals surface area contributed by atoms with Crippen molar-refractivity contribution in [3.63, 3.8) is 0 Å². The second kappa shape index (κ2) is 7.58. The molecule has 0 unspecified atom stereocenters. The Kier molecular flexibility index (Phi) is 5.73. The second-order valence-corrected chi connectivity index (χ2v) is 6.94. The van der Waals surface area contributed by atoms with E-state index in [0.717, 1.165) is 0 Å². The highest BCUT2D eigenvalue weighted by Gasteiger charge is 2.30. The zero-order valence-electron chi connectivity index (χ0n) is 12.5. The van der Waals surface area contributed by atoms with Gasteiger partial charge < -0.3 is 15.2 Å². The average Bonchev–Trinajstić information content (AvgIpc) is 2.53. The molecule has 2 rings (SSSR count). The largest absolute Gasteiger partial charge is 0.478 e. The van der Waals surface area contributed by atoms with Gasteiger partial charge in [0, 0.05) is 0 Å².